The molecule has 3 rings (SSSR count). The molecule has 1 atom stereocenters. The number of nitrogens with zero attached hydrogens (tertiary/aromatic N) is 1. The van der Waals surface area contributed by atoms with Crippen LogP contribution >= 0.6 is 0 Å². The van der Waals surface area contributed by atoms with E-state index >= 15 is 0 Å². The molecule has 3 N–H and O–H groups in total. The molecule has 0 aliphatic heterocycles. The molecule has 1 aromatic heterocycles. The lowest BCUT2D eigenvalue weighted by Crippen LogP contribution is -2.38. The third kappa shape index (κ3) is 4.00. The number of ether oxygens (including phenoxy) is 1. The first-order chi connectivity index (χ1) is 12.6. The maximum atomic E-state index is 12.1. The summed E-state index contributed by atoms with van der Waals surface area (Å²) in [5.41, 5.74) is 2.19. The number of nitrogens with one attached hydrogen (secondary N) is 3. The smallest absolute Gasteiger partial charge is 0.251 e. The van der Waals surface area contributed by atoms with Crippen LogP contribution in [0.3, 0.4) is 0 Å². The minimum absolute atomic E-state index is 0.124. The number of aromatic amines is 1. The Hall–Kier alpha value is -3.35. The van der Waals surface area contributed by atoms with Gasteiger partial charge in [-0.2, -0.15) is 0 Å². The molecular formula is C19H20N4O3. The van der Waals surface area contributed by atoms with Crippen molar-refractivity contribution < 1.29 is 14.3 Å². The summed E-state index contributed by atoms with van der Waals surface area (Å²) in [5, 5.41) is 5.41. The quantitative estimate of drug-likeness (QED) is 0.633. The number of hydrogen-bond donors (Lipinski definition) is 3. The topological polar surface area (TPSA) is 96.1 Å². The summed E-state index contributed by atoms with van der Waals surface area (Å²) in [4.78, 5) is 31.9. The van der Waals surface area contributed by atoms with E-state index in [1.54, 1.807) is 24.3 Å². The summed E-state index contributed by atoms with van der Waals surface area (Å²) in [5.74, 6) is 0.615. The monoisotopic (exact) mass is 352 g/mol. The van der Waals surface area contributed by atoms with Crippen molar-refractivity contribution >= 4 is 22.8 Å². The fourth-order valence-corrected chi connectivity index (χ4v) is 2.57. The number of hydrogen-bond acceptors (Lipinski definition) is 4. The molecule has 7 heteroatoms. The molecule has 0 aliphatic carbocycles. The van der Waals surface area contributed by atoms with E-state index in [0.717, 1.165) is 11.0 Å². The van der Waals surface area contributed by atoms with Gasteiger partial charge in [-0.25, -0.2) is 4.98 Å². The first kappa shape index (κ1) is 17.5. The first-order valence-electron chi connectivity index (χ1n) is 8.23. The average molecular weight is 352 g/mol. The van der Waals surface area contributed by atoms with Gasteiger partial charge in [0, 0.05) is 5.56 Å². The SMILES string of the molecule is COc1cccc(C(=O)NCC(=O)N[C@@H](C)c2nc3ccccc3[nH]2)c1. The molecule has 0 saturated heterocycles. The Morgan fingerprint density at radius 2 is 2.00 bits per heavy atom. The number of fused-ring (bicyclic) bond motifs is 1. The van der Waals surface area contributed by atoms with Gasteiger partial charge in [-0.3, -0.25) is 9.59 Å². The maximum Gasteiger partial charge on any atom is 0.251 e. The molecular weight excluding hydrogens is 332 g/mol. The molecule has 0 unspecified atom stereocenters. The van der Waals surface area contributed by atoms with E-state index in [-0.39, 0.29) is 24.4 Å². The van der Waals surface area contributed by atoms with Gasteiger partial charge in [0.25, 0.3) is 5.91 Å². The van der Waals surface area contributed by atoms with Crippen LogP contribution in [0.5, 0.6) is 5.75 Å². The van der Waals surface area contributed by atoms with Crippen LogP contribution in [-0.4, -0.2) is 35.4 Å². The van der Waals surface area contributed by atoms with Crippen LogP contribution in [0, 0.1) is 0 Å². The van der Waals surface area contributed by atoms with Crippen molar-refractivity contribution in [1.82, 2.24) is 20.6 Å². The molecule has 1 heterocycles. The van der Waals surface area contributed by atoms with E-state index < -0.39 is 0 Å². The Morgan fingerprint density at radius 3 is 2.77 bits per heavy atom. The number of imidazole rings is 1. The summed E-state index contributed by atoms with van der Waals surface area (Å²) in [6, 6.07) is 14.1. The third-order valence-corrected chi connectivity index (χ3v) is 3.94. The molecule has 134 valence electrons. The largest absolute Gasteiger partial charge is 0.497 e. The predicted molar refractivity (Wildman–Crippen MR) is 98.0 cm³/mol. The van der Waals surface area contributed by atoms with Gasteiger partial charge in [-0.1, -0.05) is 18.2 Å². The van der Waals surface area contributed by atoms with Crippen molar-refractivity contribution in [3.63, 3.8) is 0 Å². The molecule has 26 heavy (non-hydrogen) atoms. The van der Waals surface area contributed by atoms with Crippen molar-refractivity contribution in [1.29, 1.82) is 0 Å². The van der Waals surface area contributed by atoms with Crippen molar-refractivity contribution in [2.45, 2.75) is 13.0 Å². The fraction of sp³-hybridized carbons (Fsp3) is 0.211. The molecule has 0 saturated carbocycles. The number of amides is 2. The molecule has 0 aliphatic rings. The molecule has 0 fully saturated rings. The van der Waals surface area contributed by atoms with Crippen molar-refractivity contribution in [3.05, 3.63) is 59.9 Å². The van der Waals surface area contributed by atoms with Gasteiger partial charge >= 0.3 is 0 Å². The zero-order chi connectivity index (χ0) is 18.5. The number of carbonyl (C=O) groups is 2. The Balaban J connectivity index is 1.55. The molecule has 0 radical (unpaired) electrons. The van der Waals surface area contributed by atoms with Crippen LogP contribution in [0.4, 0.5) is 0 Å². The Kier molecular flexibility index (Phi) is 5.17. The third-order valence-electron chi connectivity index (χ3n) is 3.94. The summed E-state index contributed by atoms with van der Waals surface area (Å²) in [7, 11) is 1.53. The van der Waals surface area contributed by atoms with Crippen molar-refractivity contribution in [2.24, 2.45) is 0 Å². The number of benzene rings is 2. The number of H-pyrrole nitrogens is 1. The molecule has 0 bridgehead atoms. The van der Waals surface area contributed by atoms with Crippen LogP contribution in [0.1, 0.15) is 29.1 Å². The summed E-state index contributed by atoms with van der Waals surface area (Å²) < 4.78 is 5.09. The second-order valence-electron chi connectivity index (χ2n) is 5.84. The summed E-state index contributed by atoms with van der Waals surface area (Å²) in [6.07, 6.45) is 0. The minimum atomic E-state index is -0.338. The van der Waals surface area contributed by atoms with Gasteiger partial charge in [0.2, 0.25) is 5.91 Å². The lowest BCUT2D eigenvalue weighted by Gasteiger charge is -2.12. The van der Waals surface area contributed by atoms with Gasteiger partial charge in [0.05, 0.1) is 30.7 Å². The first-order valence-corrected chi connectivity index (χ1v) is 8.23. The minimum Gasteiger partial charge on any atom is -0.497 e. The van der Waals surface area contributed by atoms with E-state index in [9.17, 15) is 9.59 Å². The highest BCUT2D eigenvalue weighted by Gasteiger charge is 2.14. The van der Waals surface area contributed by atoms with Gasteiger partial charge in [-0.15, -0.1) is 0 Å². The zero-order valence-electron chi connectivity index (χ0n) is 14.6. The fourth-order valence-electron chi connectivity index (χ4n) is 2.57. The number of methoxy groups -OCH3 is 1. The maximum absolute atomic E-state index is 12.1. The second kappa shape index (κ2) is 7.69. The highest BCUT2D eigenvalue weighted by Crippen LogP contribution is 2.15. The lowest BCUT2D eigenvalue weighted by molar-refractivity contribution is -0.120. The number of rotatable bonds is 6. The van der Waals surface area contributed by atoms with E-state index in [0.29, 0.717) is 17.1 Å². The lowest BCUT2D eigenvalue weighted by atomic mass is 10.2. The molecule has 0 spiro atoms. The predicted octanol–water partition coefficient (Wildman–Crippen LogP) is 2.18. The van der Waals surface area contributed by atoms with E-state index in [1.807, 2.05) is 31.2 Å². The summed E-state index contributed by atoms with van der Waals surface area (Å²) >= 11 is 0. The van der Waals surface area contributed by atoms with Crippen molar-refractivity contribution in [3.8, 4) is 5.75 Å². The second-order valence-corrected chi connectivity index (χ2v) is 5.84. The van der Waals surface area contributed by atoms with E-state index in [4.69, 9.17) is 4.74 Å². The highest BCUT2D eigenvalue weighted by molar-refractivity contribution is 5.96. The molecule has 3 aromatic rings. The van der Waals surface area contributed by atoms with E-state index in [1.165, 1.54) is 7.11 Å². The Bertz CT molecular complexity index is 902. The van der Waals surface area contributed by atoms with Crippen LogP contribution in [-0.2, 0) is 4.79 Å². The van der Waals surface area contributed by atoms with Crippen LogP contribution in [0.25, 0.3) is 11.0 Å². The molecule has 7 nitrogen and oxygen atoms in total. The normalized spacial score (nSPS) is 11.8. The number of para-hydroxylation sites is 2. The Morgan fingerprint density at radius 1 is 1.19 bits per heavy atom. The molecule has 2 aromatic carbocycles. The van der Waals surface area contributed by atoms with Crippen LogP contribution in [0.15, 0.2) is 48.5 Å². The standard InChI is InChI=1S/C19H20N4O3/c1-12(18-22-15-8-3-4-9-16(15)23-18)21-17(24)11-20-19(25)13-6-5-7-14(10-13)26-2/h3-10,12H,11H2,1-2H3,(H,20,25)(H,21,24)(H,22,23)/t12-/m0/s1. The van der Waals surface area contributed by atoms with Crippen molar-refractivity contribution in [2.75, 3.05) is 13.7 Å². The zero-order valence-corrected chi connectivity index (χ0v) is 14.6. The number of aromatic nitrogens is 2. The summed E-state index contributed by atoms with van der Waals surface area (Å²) in [6.45, 7) is 1.71. The average Bonchev–Trinajstić information content (AvgIpc) is 3.10. The van der Waals surface area contributed by atoms with E-state index in [2.05, 4.69) is 20.6 Å². The van der Waals surface area contributed by atoms with Gasteiger partial charge in [0.15, 0.2) is 0 Å². The van der Waals surface area contributed by atoms with Crippen LogP contribution in [0.2, 0.25) is 0 Å². The van der Waals surface area contributed by atoms with Gasteiger partial charge < -0.3 is 20.4 Å². The molecule has 2 amide bonds. The van der Waals surface area contributed by atoms with Gasteiger partial charge in [0.1, 0.15) is 11.6 Å². The van der Waals surface area contributed by atoms with Crippen LogP contribution < -0.4 is 15.4 Å². The highest BCUT2D eigenvalue weighted by atomic mass is 16.5. The number of carbonyl (C=O) groups excluding carboxylic acids is 2. The van der Waals surface area contributed by atoms with Gasteiger partial charge in [-0.05, 0) is 37.3 Å². The Labute approximate surface area is 150 Å².